The fourth-order valence-electron chi connectivity index (χ4n) is 1.46. The van der Waals surface area contributed by atoms with Crippen LogP contribution in [0.5, 0.6) is 0 Å². The predicted molar refractivity (Wildman–Crippen MR) is 77.2 cm³/mol. The number of nitrogens with zero attached hydrogens (tertiary/aromatic N) is 3. The molecule has 0 saturated heterocycles. The van der Waals surface area contributed by atoms with Crippen LogP contribution in [0.4, 0.5) is 0 Å². The zero-order chi connectivity index (χ0) is 13.1. The van der Waals surface area contributed by atoms with Crippen molar-refractivity contribution in [1.29, 1.82) is 0 Å². The maximum atomic E-state index is 10.6. The summed E-state index contributed by atoms with van der Waals surface area (Å²) in [6.45, 7) is 2.00. The molecule has 7 heteroatoms. The minimum absolute atomic E-state index is 0.0261. The average Bonchev–Trinajstić information content (AvgIpc) is 2.77. The van der Waals surface area contributed by atoms with Crippen LogP contribution >= 0.6 is 34.4 Å². The third kappa shape index (κ3) is 3.02. The van der Waals surface area contributed by atoms with Crippen LogP contribution in [-0.2, 0) is 4.79 Å². The molecule has 2 aromatic rings. The van der Waals surface area contributed by atoms with E-state index in [1.165, 1.54) is 0 Å². The number of benzene rings is 1. The van der Waals surface area contributed by atoms with Gasteiger partial charge in [0.25, 0.3) is 0 Å². The fourth-order valence-corrected chi connectivity index (χ4v) is 2.57. The molecule has 0 saturated carbocycles. The highest BCUT2D eigenvalue weighted by Crippen LogP contribution is 2.23. The molecule has 0 fully saturated rings. The standard InChI is InChI=1S/C11H10IN3O2S/c1-7-2-3-8(12)4-9(7)15-6-13-14-11(15)18-5-10(16)17/h2-4,6H,5H2,1H3,(H,16,17). The third-order valence-electron chi connectivity index (χ3n) is 2.27. The molecule has 1 N–H and O–H groups in total. The molecule has 0 aliphatic rings. The van der Waals surface area contributed by atoms with Crippen molar-refractivity contribution in [2.24, 2.45) is 0 Å². The quantitative estimate of drug-likeness (QED) is 0.657. The van der Waals surface area contributed by atoms with E-state index in [0.717, 1.165) is 26.6 Å². The highest BCUT2D eigenvalue weighted by molar-refractivity contribution is 14.1. The highest BCUT2D eigenvalue weighted by atomic mass is 127. The Labute approximate surface area is 122 Å². The number of hydrogen-bond donors (Lipinski definition) is 1. The second-order valence-electron chi connectivity index (χ2n) is 3.60. The third-order valence-corrected chi connectivity index (χ3v) is 3.87. The number of rotatable bonds is 4. The van der Waals surface area contributed by atoms with Crippen molar-refractivity contribution >= 4 is 40.3 Å². The van der Waals surface area contributed by atoms with Crippen LogP contribution in [0.15, 0.2) is 29.7 Å². The van der Waals surface area contributed by atoms with Crippen molar-refractivity contribution in [2.75, 3.05) is 5.75 Å². The summed E-state index contributed by atoms with van der Waals surface area (Å²) in [5.41, 5.74) is 2.06. The van der Waals surface area contributed by atoms with Gasteiger partial charge in [0, 0.05) is 3.57 Å². The van der Waals surface area contributed by atoms with Crippen molar-refractivity contribution in [3.63, 3.8) is 0 Å². The molecule has 5 nitrogen and oxygen atoms in total. The second kappa shape index (κ2) is 5.70. The lowest BCUT2D eigenvalue weighted by atomic mass is 10.2. The number of aromatic nitrogens is 3. The summed E-state index contributed by atoms with van der Waals surface area (Å²) in [7, 11) is 0. The maximum absolute atomic E-state index is 10.6. The predicted octanol–water partition coefficient (Wildman–Crippen LogP) is 2.36. The van der Waals surface area contributed by atoms with Gasteiger partial charge in [0.15, 0.2) is 5.16 Å². The normalized spacial score (nSPS) is 10.6. The number of hydrogen-bond acceptors (Lipinski definition) is 4. The van der Waals surface area contributed by atoms with Crippen molar-refractivity contribution in [2.45, 2.75) is 12.1 Å². The minimum Gasteiger partial charge on any atom is -0.481 e. The van der Waals surface area contributed by atoms with Gasteiger partial charge in [-0.05, 0) is 47.2 Å². The topological polar surface area (TPSA) is 68.0 Å². The van der Waals surface area contributed by atoms with E-state index in [2.05, 4.69) is 32.8 Å². The number of thioether (sulfide) groups is 1. The number of aryl methyl sites for hydroxylation is 1. The lowest BCUT2D eigenvalue weighted by molar-refractivity contribution is -0.133. The number of halogens is 1. The molecule has 0 radical (unpaired) electrons. The van der Waals surface area contributed by atoms with E-state index in [4.69, 9.17) is 5.11 Å². The lowest BCUT2D eigenvalue weighted by Crippen LogP contribution is -2.02. The van der Waals surface area contributed by atoms with E-state index in [-0.39, 0.29) is 5.75 Å². The Morgan fingerprint density at radius 2 is 2.33 bits per heavy atom. The van der Waals surface area contributed by atoms with Gasteiger partial charge in [-0.3, -0.25) is 9.36 Å². The summed E-state index contributed by atoms with van der Waals surface area (Å²) in [5.74, 6) is -0.893. The summed E-state index contributed by atoms with van der Waals surface area (Å²) in [6, 6.07) is 6.06. The van der Waals surface area contributed by atoms with Crippen LogP contribution in [0.1, 0.15) is 5.56 Å². The number of carbonyl (C=O) groups is 1. The largest absolute Gasteiger partial charge is 0.481 e. The van der Waals surface area contributed by atoms with Gasteiger partial charge >= 0.3 is 5.97 Å². The van der Waals surface area contributed by atoms with Crippen LogP contribution in [0.3, 0.4) is 0 Å². The molecule has 1 heterocycles. The van der Waals surface area contributed by atoms with Gasteiger partial charge in [-0.15, -0.1) is 10.2 Å². The van der Waals surface area contributed by atoms with Gasteiger partial charge in [-0.1, -0.05) is 17.8 Å². The van der Waals surface area contributed by atoms with Gasteiger partial charge < -0.3 is 5.11 Å². The van der Waals surface area contributed by atoms with Crippen molar-refractivity contribution in [3.8, 4) is 5.69 Å². The lowest BCUT2D eigenvalue weighted by Gasteiger charge is -2.09. The molecule has 0 aliphatic carbocycles. The van der Waals surface area contributed by atoms with Crippen LogP contribution in [0.2, 0.25) is 0 Å². The second-order valence-corrected chi connectivity index (χ2v) is 5.78. The zero-order valence-electron chi connectivity index (χ0n) is 9.50. The Balaban J connectivity index is 2.36. The molecule has 0 bridgehead atoms. The number of carboxylic acid groups (broad SMARTS) is 1. The monoisotopic (exact) mass is 375 g/mol. The van der Waals surface area contributed by atoms with Gasteiger partial charge in [0.2, 0.25) is 0 Å². The van der Waals surface area contributed by atoms with E-state index in [1.54, 1.807) is 6.33 Å². The summed E-state index contributed by atoms with van der Waals surface area (Å²) < 4.78 is 2.92. The van der Waals surface area contributed by atoms with Crippen LogP contribution in [-0.4, -0.2) is 31.6 Å². The van der Waals surface area contributed by atoms with Crippen LogP contribution < -0.4 is 0 Å². The molecule has 1 aromatic carbocycles. The Morgan fingerprint density at radius 1 is 1.56 bits per heavy atom. The molecule has 18 heavy (non-hydrogen) atoms. The molecule has 94 valence electrons. The van der Waals surface area contributed by atoms with Crippen LogP contribution in [0, 0.1) is 10.5 Å². The van der Waals surface area contributed by atoms with E-state index < -0.39 is 5.97 Å². The molecule has 1 aromatic heterocycles. The molecule has 0 unspecified atom stereocenters. The van der Waals surface area contributed by atoms with Crippen molar-refractivity contribution in [3.05, 3.63) is 33.7 Å². The molecule has 0 amide bonds. The zero-order valence-corrected chi connectivity index (χ0v) is 12.5. The molecule has 0 atom stereocenters. The SMILES string of the molecule is Cc1ccc(I)cc1-n1cnnc1SCC(=O)O. The van der Waals surface area contributed by atoms with E-state index >= 15 is 0 Å². The van der Waals surface area contributed by atoms with Crippen molar-refractivity contribution in [1.82, 2.24) is 14.8 Å². The first-order valence-corrected chi connectivity index (χ1v) is 7.15. The van der Waals surface area contributed by atoms with E-state index in [0.29, 0.717) is 5.16 Å². The molecule has 2 rings (SSSR count). The van der Waals surface area contributed by atoms with Crippen LogP contribution in [0.25, 0.3) is 5.69 Å². The summed E-state index contributed by atoms with van der Waals surface area (Å²) in [4.78, 5) is 10.6. The summed E-state index contributed by atoms with van der Waals surface area (Å²) >= 11 is 3.39. The minimum atomic E-state index is -0.867. The summed E-state index contributed by atoms with van der Waals surface area (Å²) in [5, 5.41) is 17.1. The average molecular weight is 375 g/mol. The Kier molecular flexibility index (Phi) is 4.23. The van der Waals surface area contributed by atoms with Gasteiger partial charge in [0.05, 0.1) is 11.4 Å². The molecule has 0 aliphatic heterocycles. The molecular formula is C11H10IN3O2S. The maximum Gasteiger partial charge on any atom is 0.313 e. The number of carboxylic acids is 1. The first kappa shape index (κ1) is 13.3. The molecule has 0 spiro atoms. The molecular weight excluding hydrogens is 365 g/mol. The smallest absolute Gasteiger partial charge is 0.313 e. The first-order valence-electron chi connectivity index (χ1n) is 5.09. The van der Waals surface area contributed by atoms with Gasteiger partial charge in [-0.2, -0.15) is 0 Å². The van der Waals surface area contributed by atoms with E-state index in [9.17, 15) is 4.79 Å². The Bertz CT molecular complexity index is 585. The summed E-state index contributed by atoms with van der Waals surface area (Å²) in [6.07, 6.45) is 1.60. The fraction of sp³-hybridized carbons (Fsp3) is 0.182. The Hall–Kier alpha value is -1.09. The van der Waals surface area contributed by atoms with Gasteiger partial charge in [0.1, 0.15) is 6.33 Å². The Morgan fingerprint density at radius 3 is 3.06 bits per heavy atom. The van der Waals surface area contributed by atoms with Gasteiger partial charge in [-0.25, -0.2) is 0 Å². The van der Waals surface area contributed by atoms with Crippen molar-refractivity contribution < 1.29 is 9.90 Å². The number of aliphatic carboxylic acids is 1. The first-order chi connectivity index (χ1) is 8.58. The highest BCUT2D eigenvalue weighted by Gasteiger charge is 2.11. The van der Waals surface area contributed by atoms with E-state index in [1.807, 2.05) is 29.7 Å².